The molecule has 0 fully saturated rings. The van der Waals surface area contributed by atoms with Crippen LogP contribution in [0.3, 0.4) is 0 Å². The average molecular weight is 484 g/mol. The van der Waals surface area contributed by atoms with Gasteiger partial charge in [-0.25, -0.2) is 13.4 Å². The summed E-state index contributed by atoms with van der Waals surface area (Å²) in [6.45, 7) is 1.91. The van der Waals surface area contributed by atoms with Crippen molar-refractivity contribution in [3.05, 3.63) is 72.3 Å². The maximum absolute atomic E-state index is 12.9. The van der Waals surface area contributed by atoms with Gasteiger partial charge in [0, 0.05) is 5.69 Å². The lowest BCUT2D eigenvalue weighted by atomic mass is 10.2. The molecule has 1 aromatic heterocycles. The number of hydrogen-bond donors (Lipinski definition) is 2. The minimum Gasteiger partial charge on any atom is -0.495 e. The monoisotopic (exact) mass is 483 g/mol. The molecule has 0 saturated heterocycles. The standard InChI is InChI=1S/C23H21N3O5S2/c1-15-7-3-4-8-17(15)24-22(27)14-32-23-25-19-13-16(11-12-21(19)31-23)33(28,29)26-18-9-5-6-10-20(18)30-2/h3-13,26H,14H2,1-2H3,(H,24,27). The molecule has 8 nitrogen and oxygen atoms in total. The molecule has 10 heteroatoms. The molecular weight excluding hydrogens is 462 g/mol. The van der Waals surface area contributed by atoms with Gasteiger partial charge in [0.15, 0.2) is 5.58 Å². The molecule has 0 saturated carbocycles. The molecule has 0 aliphatic carbocycles. The first-order valence-corrected chi connectivity index (χ1v) is 12.4. The van der Waals surface area contributed by atoms with Gasteiger partial charge in [-0.2, -0.15) is 0 Å². The van der Waals surface area contributed by atoms with E-state index in [2.05, 4.69) is 15.0 Å². The molecule has 4 aromatic rings. The molecule has 3 aromatic carbocycles. The largest absolute Gasteiger partial charge is 0.495 e. The van der Waals surface area contributed by atoms with E-state index >= 15 is 0 Å². The molecule has 0 radical (unpaired) electrons. The van der Waals surface area contributed by atoms with Crippen molar-refractivity contribution < 1.29 is 22.4 Å². The number of thioether (sulfide) groups is 1. The number of methoxy groups -OCH3 is 1. The summed E-state index contributed by atoms with van der Waals surface area (Å²) in [4.78, 5) is 16.6. The number of sulfonamides is 1. The number of nitrogens with zero attached hydrogens (tertiary/aromatic N) is 1. The first kappa shape index (κ1) is 22.7. The Labute approximate surface area is 195 Å². The predicted octanol–water partition coefficient (Wildman–Crippen LogP) is 4.68. The zero-order valence-corrected chi connectivity index (χ0v) is 19.5. The Morgan fingerprint density at radius 3 is 2.55 bits per heavy atom. The predicted molar refractivity (Wildman–Crippen MR) is 128 cm³/mol. The summed E-state index contributed by atoms with van der Waals surface area (Å²) >= 11 is 1.13. The van der Waals surface area contributed by atoms with Crippen molar-refractivity contribution in [2.24, 2.45) is 0 Å². The van der Waals surface area contributed by atoms with Gasteiger partial charge in [-0.05, 0) is 48.9 Å². The first-order valence-electron chi connectivity index (χ1n) is 9.90. The van der Waals surface area contributed by atoms with E-state index in [0.29, 0.717) is 22.5 Å². The number of benzene rings is 3. The van der Waals surface area contributed by atoms with E-state index in [1.165, 1.54) is 25.3 Å². The van der Waals surface area contributed by atoms with Crippen LogP contribution in [0, 0.1) is 6.92 Å². The fourth-order valence-electron chi connectivity index (χ4n) is 3.07. The van der Waals surface area contributed by atoms with Gasteiger partial charge < -0.3 is 14.5 Å². The van der Waals surface area contributed by atoms with Crippen LogP contribution < -0.4 is 14.8 Å². The lowest BCUT2D eigenvalue weighted by Gasteiger charge is -2.11. The molecule has 0 aliphatic heterocycles. The quantitative estimate of drug-likeness (QED) is 0.350. The molecule has 0 spiro atoms. The van der Waals surface area contributed by atoms with Crippen LogP contribution >= 0.6 is 11.8 Å². The highest BCUT2D eigenvalue weighted by atomic mass is 32.2. The zero-order chi connectivity index (χ0) is 23.4. The van der Waals surface area contributed by atoms with Gasteiger partial charge in [0.25, 0.3) is 15.2 Å². The summed E-state index contributed by atoms with van der Waals surface area (Å²) in [7, 11) is -2.41. The van der Waals surface area contributed by atoms with Crippen LogP contribution in [0.15, 0.2) is 81.3 Å². The molecule has 0 atom stereocenters. The first-order chi connectivity index (χ1) is 15.9. The summed E-state index contributed by atoms with van der Waals surface area (Å²) in [5, 5.41) is 3.12. The SMILES string of the molecule is COc1ccccc1NS(=O)(=O)c1ccc2oc(SCC(=O)Nc3ccccc3C)nc2c1. The smallest absolute Gasteiger partial charge is 0.262 e. The second-order valence-electron chi connectivity index (χ2n) is 7.07. The van der Waals surface area contributed by atoms with Crippen LogP contribution in [0.1, 0.15) is 5.56 Å². The van der Waals surface area contributed by atoms with E-state index in [-0.39, 0.29) is 21.8 Å². The van der Waals surface area contributed by atoms with Crippen LogP contribution in [0.5, 0.6) is 5.75 Å². The highest BCUT2D eigenvalue weighted by Gasteiger charge is 2.19. The maximum atomic E-state index is 12.9. The topological polar surface area (TPSA) is 111 Å². The number of fused-ring (bicyclic) bond motifs is 1. The summed E-state index contributed by atoms with van der Waals surface area (Å²) < 4.78 is 39.1. The Balaban J connectivity index is 1.47. The number of rotatable bonds is 8. The Morgan fingerprint density at radius 1 is 1.06 bits per heavy atom. The number of oxazole rings is 1. The number of nitrogens with one attached hydrogen (secondary N) is 2. The van der Waals surface area contributed by atoms with Crippen molar-refractivity contribution in [1.82, 2.24) is 4.98 Å². The van der Waals surface area contributed by atoms with Crippen LogP contribution in [0.25, 0.3) is 11.1 Å². The van der Waals surface area contributed by atoms with Crippen molar-refractivity contribution in [2.45, 2.75) is 17.0 Å². The van der Waals surface area contributed by atoms with E-state index in [1.54, 1.807) is 24.3 Å². The number of amides is 1. The van der Waals surface area contributed by atoms with Crippen LogP contribution in [-0.2, 0) is 14.8 Å². The van der Waals surface area contributed by atoms with Crippen molar-refractivity contribution in [2.75, 3.05) is 22.9 Å². The molecule has 170 valence electrons. The number of ether oxygens (including phenoxy) is 1. The van der Waals surface area contributed by atoms with Gasteiger partial charge in [-0.3, -0.25) is 9.52 Å². The molecule has 33 heavy (non-hydrogen) atoms. The fourth-order valence-corrected chi connectivity index (χ4v) is 4.80. The van der Waals surface area contributed by atoms with Crippen LogP contribution in [0.4, 0.5) is 11.4 Å². The highest BCUT2D eigenvalue weighted by molar-refractivity contribution is 7.99. The third-order valence-corrected chi connectivity index (χ3v) is 6.94. The van der Waals surface area contributed by atoms with Gasteiger partial charge in [0.2, 0.25) is 5.91 Å². The van der Waals surface area contributed by atoms with Gasteiger partial charge >= 0.3 is 0 Å². The normalized spacial score (nSPS) is 11.3. The van der Waals surface area contributed by atoms with Gasteiger partial charge in [0.1, 0.15) is 11.3 Å². The average Bonchev–Trinajstić information content (AvgIpc) is 3.22. The third-order valence-electron chi connectivity index (χ3n) is 4.75. The van der Waals surface area contributed by atoms with Crippen molar-refractivity contribution >= 4 is 50.2 Å². The molecule has 0 unspecified atom stereocenters. The molecule has 2 N–H and O–H groups in total. The van der Waals surface area contributed by atoms with Crippen LogP contribution in [-0.4, -0.2) is 32.2 Å². The van der Waals surface area contributed by atoms with Crippen LogP contribution in [0.2, 0.25) is 0 Å². The number of para-hydroxylation sites is 3. The summed E-state index contributed by atoms with van der Waals surface area (Å²) in [6.07, 6.45) is 0. The van der Waals surface area contributed by atoms with E-state index < -0.39 is 10.0 Å². The Bertz CT molecular complexity index is 1420. The van der Waals surface area contributed by atoms with Gasteiger partial charge in [-0.15, -0.1) is 0 Å². The van der Waals surface area contributed by atoms with E-state index in [1.807, 2.05) is 31.2 Å². The Hall–Kier alpha value is -3.50. The lowest BCUT2D eigenvalue weighted by Crippen LogP contribution is -2.14. The molecule has 0 aliphatic rings. The highest BCUT2D eigenvalue weighted by Crippen LogP contribution is 2.29. The number of carbonyl (C=O) groups excluding carboxylic acids is 1. The molecule has 4 rings (SSSR count). The maximum Gasteiger partial charge on any atom is 0.262 e. The zero-order valence-electron chi connectivity index (χ0n) is 17.9. The Kier molecular flexibility index (Phi) is 6.57. The summed E-state index contributed by atoms with van der Waals surface area (Å²) in [5.41, 5.74) is 2.84. The minimum atomic E-state index is -3.88. The number of anilines is 2. The molecule has 1 amide bonds. The minimum absolute atomic E-state index is 0.0306. The molecule has 0 bridgehead atoms. The number of hydrogen-bond acceptors (Lipinski definition) is 7. The Morgan fingerprint density at radius 2 is 1.79 bits per heavy atom. The number of aryl methyl sites for hydroxylation is 1. The second kappa shape index (κ2) is 9.55. The van der Waals surface area contributed by atoms with Crippen molar-refractivity contribution in [3.63, 3.8) is 0 Å². The fraction of sp³-hybridized carbons (Fsp3) is 0.130. The van der Waals surface area contributed by atoms with Crippen molar-refractivity contribution in [3.8, 4) is 5.75 Å². The number of carbonyl (C=O) groups is 1. The van der Waals surface area contributed by atoms with E-state index in [4.69, 9.17) is 9.15 Å². The lowest BCUT2D eigenvalue weighted by molar-refractivity contribution is -0.113. The molecular formula is C23H21N3O5S2. The van der Waals surface area contributed by atoms with Gasteiger partial charge in [0.05, 0.1) is 23.4 Å². The van der Waals surface area contributed by atoms with Gasteiger partial charge in [-0.1, -0.05) is 42.1 Å². The third kappa shape index (κ3) is 5.29. The summed E-state index contributed by atoms with van der Waals surface area (Å²) in [6, 6.07) is 18.6. The van der Waals surface area contributed by atoms with Crippen molar-refractivity contribution in [1.29, 1.82) is 0 Å². The summed E-state index contributed by atoms with van der Waals surface area (Å²) in [5.74, 6) is 0.314. The van der Waals surface area contributed by atoms with E-state index in [0.717, 1.165) is 23.0 Å². The second-order valence-corrected chi connectivity index (χ2v) is 9.68. The number of aromatic nitrogens is 1. The molecule has 1 heterocycles. The van der Waals surface area contributed by atoms with E-state index in [9.17, 15) is 13.2 Å².